The molecule has 116 valence electrons. The van der Waals surface area contributed by atoms with Crippen LogP contribution in [0, 0.1) is 5.92 Å². The van der Waals surface area contributed by atoms with E-state index in [0.717, 1.165) is 18.2 Å². The fraction of sp³-hybridized carbons (Fsp3) is 0.471. The fourth-order valence-electron chi connectivity index (χ4n) is 3.32. The summed E-state index contributed by atoms with van der Waals surface area (Å²) in [6.45, 7) is 0. The lowest BCUT2D eigenvalue weighted by Crippen LogP contribution is -2.33. The molecule has 2 aromatic rings. The minimum Gasteiger partial charge on any atom is -0.467 e. The predicted octanol–water partition coefficient (Wildman–Crippen LogP) is 2.69. The number of aromatic nitrogens is 2. The molecule has 0 saturated heterocycles. The Hall–Kier alpha value is -2.17. The molecule has 1 aromatic heterocycles. The highest BCUT2D eigenvalue weighted by Crippen LogP contribution is 2.32. The van der Waals surface area contributed by atoms with E-state index in [1.54, 1.807) is 12.3 Å². The van der Waals surface area contributed by atoms with Crippen LogP contribution in [0.15, 0.2) is 35.3 Å². The Balaban J connectivity index is 2.01. The van der Waals surface area contributed by atoms with Crippen molar-refractivity contribution < 1.29 is 9.53 Å². The van der Waals surface area contributed by atoms with E-state index in [0.29, 0.717) is 17.7 Å². The van der Waals surface area contributed by atoms with Crippen LogP contribution in [-0.4, -0.2) is 22.9 Å². The topological polar surface area (TPSA) is 61.2 Å². The van der Waals surface area contributed by atoms with Crippen LogP contribution in [0.4, 0.5) is 0 Å². The maximum atomic E-state index is 12.7. The normalized spacial score (nSPS) is 16.8. The molecule has 22 heavy (non-hydrogen) atoms. The van der Waals surface area contributed by atoms with Crippen molar-refractivity contribution in [1.29, 1.82) is 0 Å². The maximum Gasteiger partial charge on any atom is 0.330 e. The minimum atomic E-state index is -0.634. The highest BCUT2D eigenvalue weighted by molar-refractivity contribution is 5.81. The number of carbonyl (C=O) groups excluding carboxylic acids is 1. The van der Waals surface area contributed by atoms with Gasteiger partial charge in [-0.3, -0.25) is 4.79 Å². The third kappa shape index (κ3) is 2.75. The molecule has 1 aromatic carbocycles. The van der Waals surface area contributed by atoms with Gasteiger partial charge in [-0.25, -0.2) is 9.48 Å². The molecule has 0 bridgehead atoms. The Bertz CT molecular complexity index is 732. The molecule has 0 radical (unpaired) electrons. The molecule has 1 heterocycles. The number of ether oxygens (including phenoxy) is 1. The highest BCUT2D eigenvalue weighted by atomic mass is 16.5. The third-order valence-corrected chi connectivity index (χ3v) is 4.52. The molecule has 1 saturated carbocycles. The van der Waals surface area contributed by atoms with Gasteiger partial charge in [0.05, 0.1) is 18.7 Å². The van der Waals surface area contributed by atoms with Gasteiger partial charge in [0.15, 0.2) is 6.04 Å². The fourth-order valence-corrected chi connectivity index (χ4v) is 3.32. The van der Waals surface area contributed by atoms with Gasteiger partial charge >= 0.3 is 5.97 Å². The second-order valence-electron chi connectivity index (χ2n) is 5.91. The van der Waals surface area contributed by atoms with E-state index in [1.165, 1.54) is 24.6 Å². The van der Waals surface area contributed by atoms with Crippen molar-refractivity contribution in [2.24, 2.45) is 5.92 Å². The summed E-state index contributed by atoms with van der Waals surface area (Å²) in [5.41, 5.74) is -0.230. The van der Waals surface area contributed by atoms with Crippen molar-refractivity contribution in [2.45, 2.75) is 38.1 Å². The smallest absolute Gasteiger partial charge is 0.330 e. The Morgan fingerprint density at radius 1 is 1.36 bits per heavy atom. The van der Waals surface area contributed by atoms with Crippen LogP contribution >= 0.6 is 0 Å². The number of nitrogens with zero attached hydrogens (tertiary/aromatic N) is 2. The number of methoxy groups -OCH3 is 1. The van der Waals surface area contributed by atoms with Gasteiger partial charge in [-0.2, -0.15) is 5.10 Å². The van der Waals surface area contributed by atoms with E-state index < -0.39 is 12.0 Å². The van der Waals surface area contributed by atoms with Crippen molar-refractivity contribution in [3.63, 3.8) is 0 Å². The van der Waals surface area contributed by atoms with E-state index >= 15 is 0 Å². The summed E-state index contributed by atoms with van der Waals surface area (Å²) < 4.78 is 6.20. The number of fused-ring (bicyclic) bond motifs is 1. The molecule has 5 nitrogen and oxygen atoms in total. The Labute approximate surface area is 128 Å². The summed E-state index contributed by atoms with van der Waals surface area (Å²) in [7, 11) is 1.36. The molecular weight excluding hydrogens is 280 g/mol. The molecule has 1 aliphatic carbocycles. The van der Waals surface area contributed by atoms with E-state index in [1.807, 2.05) is 18.2 Å². The molecule has 0 spiro atoms. The van der Waals surface area contributed by atoms with Gasteiger partial charge in [-0.15, -0.1) is 0 Å². The lowest BCUT2D eigenvalue weighted by Gasteiger charge is -2.19. The first-order valence-corrected chi connectivity index (χ1v) is 7.75. The summed E-state index contributed by atoms with van der Waals surface area (Å²) >= 11 is 0. The number of hydrogen-bond acceptors (Lipinski definition) is 4. The zero-order valence-corrected chi connectivity index (χ0v) is 12.7. The van der Waals surface area contributed by atoms with Crippen molar-refractivity contribution in [1.82, 2.24) is 9.78 Å². The Morgan fingerprint density at radius 2 is 2.09 bits per heavy atom. The summed E-state index contributed by atoms with van der Waals surface area (Å²) in [5.74, 6) is 0.0704. The summed E-state index contributed by atoms with van der Waals surface area (Å²) in [6.07, 6.45) is 6.86. The lowest BCUT2D eigenvalue weighted by molar-refractivity contribution is -0.145. The van der Waals surface area contributed by atoms with Gasteiger partial charge in [0, 0.05) is 5.39 Å². The van der Waals surface area contributed by atoms with Crippen LogP contribution in [0.3, 0.4) is 0 Å². The second-order valence-corrected chi connectivity index (χ2v) is 5.91. The third-order valence-electron chi connectivity index (χ3n) is 4.52. The van der Waals surface area contributed by atoms with Gasteiger partial charge in [0.1, 0.15) is 0 Å². The highest BCUT2D eigenvalue weighted by Gasteiger charge is 2.29. The molecule has 0 aliphatic heterocycles. The predicted molar refractivity (Wildman–Crippen MR) is 83.6 cm³/mol. The average Bonchev–Trinajstić information content (AvgIpc) is 3.06. The molecule has 1 unspecified atom stereocenters. The number of carbonyl (C=O) groups is 1. The molecule has 0 amide bonds. The Kier molecular flexibility index (Phi) is 4.22. The standard InChI is InChI=1S/C17H20N2O3/c1-22-17(21)15(10-12-6-2-3-7-12)19-16(20)14-9-5-4-8-13(14)11-18-19/h4-5,8-9,11-12,15H,2-3,6-7,10H2,1H3. The SMILES string of the molecule is COC(=O)C(CC1CCCC1)n1ncc2ccccc2c1=O. The van der Waals surface area contributed by atoms with Crippen molar-refractivity contribution in [3.8, 4) is 0 Å². The summed E-state index contributed by atoms with van der Waals surface area (Å²) in [6, 6.07) is 6.66. The van der Waals surface area contributed by atoms with Gasteiger partial charge in [-0.05, 0) is 18.4 Å². The number of rotatable bonds is 4. The quantitative estimate of drug-likeness (QED) is 0.815. The van der Waals surface area contributed by atoms with Gasteiger partial charge in [0.25, 0.3) is 5.56 Å². The van der Waals surface area contributed by atoms with Crippen LogP contribution in [0.1, 0.15) is 38.1 Å². The molecule has 1 aliphatic rings. The Morgan fingerprint density at radius 3 is 2.82 bits per heavy atom. The van der Waals surface area contributed by atoms with Gasteiger partial charge in [-0.1, -0.05) is 43.9 Å². The zero-order valence-electron chi connectivity index (χ0n) is 12.7. The second kappa shape index (κ2) is 6.30. The largest absolute Gasteiger partial charge is 0.467 e. The van der Waals surface area contributed by atoms with E-state index in [-0.39, 0.29) is 5.56 Å². The first kappa shape index (κ1) is 14.8. The number of hydrogen-bond donors (Lipinski definition) is 0. The lowest BCUT2D eigenvalue weighted by atomic mass is 9.98. The van der Waals surface area contributed by atoms with Crippen molar-refractivity contribution in [3.05, 3.63) is 40.8 Å². The monoisotopic (exact) mass is 300 g/mol. The maximum absolute atomic E-state index is 12.7. The van der Waals surface area contributed by atoms with E-state index in [9.17, 15) is 9.59 Å². The van der Waals surface area contributed by atoms with Crippen LogP contribution in [0.2, 0.25) is 0 Å². The molecule has 0 N–H and O–H groups in total. The summed E-state index contributed by atoms with van der Waals surface area (Å²) in [4.78, 5) is 24.8. The zero-order chi connectivity index (χ0) is 15.5. The molecular formula is C17H20N2O3. The van der Waals surface area contributed by atoms with Crippen molar-refractivity contribution in [2.75, 3.05) is 7.11 Å². The first-order chi connectivity index (χ1) is 10.7. The van der Waals surface area contributed by atoms with Gasteiger partial charge < -0.3 is 4.74 Å². The van der Waals surface area contributed by atoms with Crippen molar-refractivity contribution >= 4 is 16.7 Å². The van der Waals surface area contributed by atoms with E-state index in [4.69, 9.17) is 4.74 Å². The molecule has 3 rings (SSSR count). The first-order valence-electron chi connectivity index (χ1n) is 7.75. The van der Waals surface area contributed by atoms with Crippen LogP contribution in [-0.2, 0) is 9.53 Å². The van der Waals surface area contributed by atoms with Crippen LogP contribution in [0.25, 0.3) is 10.8 Å². The van der Waals surface area contributed by atoms with Crippen LogP contribution < -0.4 is 5.56 Å². The molecule has 1 atom stereocenters. The summed E-state index contributed by atoms with van der Waals surface area (Å²) in [5, 5.41) is 5.59. The van der Waals surface area contributed by atoms with Gasteiger partial charge in [0.2, 0.25) is 0 Å². The number of benzene rings is 1. The minimum absolute atomic E-state index is 0.230. The molecule has 5 heteroatoms. The molecule has 1 fully saturated rings. The average molecular weight is 300 g/mol. The van der Waals surface area contributed by atoms with Crippen LogP contribution in [0.5, 0.6) is 0 Å². The number of esters is 1. The van der Waals surface area contributed by atoms with E-state index in [2.05, 4.69) is 5.10 Å².